The Morgan fingerprint density at radius 1 is 0.870 bits per heavy atom. The highest BCUT2D eigenvalue weighted by atomic mass is 16.6. The lowest BCUT2D eigenvalue weighted by molar-refractivity contribution is 0.0471. The number of carbonyl (C=O) groups excluding carboxylic acids is 2. The molecule has 0 aromatic rings. The van der Waals surface area contributed by atoms with E-state index in [0.717, 1.165) is 0 Å². The average molecular weight is 336 g/mol. The topological polar surface area (TPSA) is 115 Å². The van der Waals surface area contributed by atoms with Gasteiger partial charge in [-0.25, -0.2) is 9.59 Å². The number of hydrogen-bond donors (Lipinski definition) is 3. The first-order valence-electron chi connectivity index (χ1n) is 7.49. The molecule has 0 bridgehead atoms. The van der Waals surface area contributed by atoms with Gasteiger partial charge in [-0.1, -0.05) is 0 Å². The third-order valence-electron chi connectivity index (χ3n) is 2.13. The van der Waals surface area contributed by atoms with E-state index in [1.165, 1.54) is 0 Å². The maximum absolute atomic E-state index is 11.3. The smallest absolute Gasteiger partial charge is 0.407 e. The minimum absolute atomic E-state index is 0.0510. The fraction of sp³-hybridized carbons (Fsp3) is 0.857. The summed E-state index contributed by atoms with van der Waals surface area (Å²) in [6.07, 6.45) is -1.06. The monoisotopic (exact) mass is 336 g/mol. The quantitative estimate of drug-likeness (QED) is 0.464. The number of rotatable bonds is 11. The Morgan fingerprint density at radius 2 is 1.43 bits per heavy atom. The standard InChI is InChI=1S/C14H28N2O7/c1-14(2,3)23-13(19)16-5-8-21-10-11-22-12(18)15-4-7-20-9-6-17/h17H,4-11H2,1-3H3,(H,15,18)(H,16,19). The number of hydrogen-bond acceptors (Lipinski definition) is 7. The summed E-state index contributed by atoms with van der Waals surface area (Å²) in [6, 6.07) is 0. The van der Waals surface area contributed by atoms with E-state index < -0.39 is 17.8 Å². The maximum atomic E-state index is 11.3. The maximum Gasteiger partial charge on any atom is 0.407 e. The third-order valence-corrected chi connectivity index (χ3v) is 2.13. The molecule has 9 heteroatoms. The lowest BCUT2D eigenvalue weighted by Gasteiger charge is -2.19. The molecule has 0 radical (unpaired) electrons. The molecule has 136 valence electrons. The number of carbonyl (C=O) groups is 2. The van der Waals surface area contributed by atoms with Crippen LogP contribution in [0.3, 0.4) is 0 Å². The van der Waals surface area contributed by atoms with Crippen molar-refractivity contribution in [1.82, 2.24) is 10.6 Å². The molecular weight excluding hydrogens is 308 g/mol. The highest BCUT2D eigenvalue weighted by molar-refractivity contribution is 5.67. The number of ether oxygens (including phenoxy) is 4. The zero-order chi connectivity index (χ0) is 17.6. The van der Waals surface area contributed by atoms with Crippen molar-refractivity contribution < 1.29 is 33.6 Å². The lowest BCUT2D eigenvalue weighted by atomic mass is 10.2. The van der Waals surface area contributed by atoms with E-state index in [4.69, 9.17) is 24.1 Å². The van der Waals surface area contributed by atoms with Crippen LogP contribution in [0.15, 0.2) is 0 Å². The zero-order valence-corrected chi connectivity index (χ0v) is 14.1. The second kappa shape index (κ2) is 12.9. The van der Waals surface area contributed by atoms with Gasteiger partial charge in [0, 0.05) is 13.1 Å². The largest absolute Gasteiger partial charge is 0.447 e. The van der Waals surface area contributed by atoms with Gasteiger partial charge < -0.3 is 34.7 Å². The molecule has 0 aliphatic rings. The van der Waals surface area contributed by atoms with Gasteiger partial charge in [0.05, 0.1) is 33.0 Å². The molecule has 0 aliphatic heterocycles. The van der Waals surface area contributed by atoms with E-state index in [1.807, 2.05) is 0 Å². The Balaban J connectivity index is 3.35. The van der Waals surface area contributed by atoms with Gasteiger partial charge in [0.15, 0.2) is 0 Å². The minimum atomic E-state index is -0.562. The Labute approximate surface area is 136 Å². The predicted octanol–water partition coefficient (Wildman–Crippen LogP) is 0.263. The zero-order valence-electron chi connectivity index (χ0n) is 14.1. The molecule has 0 fully saturated rings. The van der Waals surface area contributed by atoms with Crippen molar-refractivity contribution in [2.45, 2.75) is 26.4 Å². The molecule has 0 heterocycles. The third kappa shape index (κ3) is 16.6. The molecular formula is C14H28N2O7. The second-order valence-corrected chi connectivity index (χ2v) is 5.44. The summed E-state index contributed by atoms with van der Waals surface area (Å²) in [5.41, 5.74) is -0.532. The van der Waals surface area contributed by atoms with Crippen molar-refractivity contribution >= 4 is 12.2 Å². The SMILES string of the molecule is CC(C)(C)OC(=O)NCCOCCOC(=O)NCCOCCO. The molecule has 0 rings (SSSR count). The van der Waals surface area contributed by atoms with Crippen molar-refractivity contribution in [2.24, 2.45) is 0 Å². The van der Waals surface area contributed by atoms with Gasteiger partial charge in [-0.2, -0.15) is 0 Å². The molecule has 0 saturated heterocycles. The van der Waals surface area contributed by atoms with Crippen LogP contribution in [-0.2, 0) is 18.9 Å². The number of nitrogens with one attached hydrogen (secondary N) is 2. The minimum Gasteiger partial charge on any atom is -0.447 e. The van der Waals surface area contributed by atoms with Crippen LogP contribution in [0.5, 0.6) is 0 Å². The highest BCUT2D eigenvalue weighted by Gasteiger charge is 2.15. The van der Waals surface area contributed by atoms with Crippen LogP contribution in [0.4, 0.5) is 9.59 Å². The van der Waals surface area contributed by atoms with Gasteiger partial charge >= 0.3 is 12.2 Å². The van der Waals surface area contributed by atoms with Crippen molar-refractivity contribution in [3.63, 3.8) is 0 Å². The molecule has 0 spiro atoms. The van der Waals surface area contributed by atoms with Crippen LogP contribution in [0.1, 0.15) is 20.8 Å². The molecule has 2 amide bonds. The summed E-state index contributed by atoms with van der Waals surface area (Å²) < 4.78 is 20.1. The van der Waals surface area contributed by atoms with Crippen molar-refractivity contribution in [2.75, 3.05) is 52.7 Å². The Bertz CT molecular complexity index is 332. The Hall–Kier alpha value is -1.58. The molecule has 23 heavy (non-hydrogen) atoms. The van der Waals surface area contributed by atoms with Crippen LogP contribution >= 0.6 is 0 Å². The Morgan fingerprint density at radius 3 is 2.00 bits per heavy atom. The van der Waals surface area contributed by atoms with Gasteiger partial charge in [0.25, 0.3) is 0 Å². The predicted molar refractivity (Wildman–Crippen MR) is 82.3 cm³/mol. The van der Waals surface area contributed by atoms with Crippen LogP contribution in [0.25, 0.3) is 0 Å². The molecule has 0 unspecified atom stereocenters. The van der Waals surface area contributed by atoms with E-state index in [-0.39, 0.29) is 26.4 Å². The summed E-state index contributed by atoms with van der Waals surface area (Å²) in [5, 5.41) is 13.5. The van der Waals surface area contributed by atoms with Gasteiger partial charge in [-0.3, -0.25) is 0 Å². The fourth-order valence-corrected chi connectivity index (χ4v) is 1.28. The van der Waals surface area contributed by atoms with E-state index in [9.17, 15) is 9.59 Å². The molecule has 3 N–H and O–H groups in total. The van der Waals surface area contributed by atoms with E-state index in [1.54, 1.807) is 20.8 Å². The highest BCUT2D eigenvalue weighted by Crippen LogP contribution is 2.05. The lowest BCUT2D eigenvalue weighted by Crippen LogP contribution is -2.34. The van der Waals surface area contributed by atoms with E-state index in [0.29, 0.717) is 26.3 Å². The number of aliphatic hydroxyl groups excluding tert-OH is 1. The Kier molecular flexibility index (Phi) is 12.0. The molecule has 9 nitrogen and oxygen atoms in total. The van der Waals surface area contributed by atoms with Crippen LogP contribution < -0.4 is 10.6 Å². The molecule has 0 saturated carbocycles. The summed E-state index contributed by atoms with van der Waals surface area (Å²) in [7, 11) is 0. The molecule has 0 atom stereocenters. The van der Waals surface area contributed by atoms with Crippen LogP contribution in [0, 0.1) is 0 Å². The number of amides is 2. The second-order valence-electron chi connectivity index (χ2n) is 5.44. The summed E-state index contributed by atoms with van der Waals surface area (Å²) in [5.74, 6) is 0. The number of alkyl carbamates (subject to hydrolysis) is 2. The molecule has 0 aliphatic carbocycles. The van der Waals surface area contributed by atoms with Gasteiger partial charge in [0.2, 0.25) is 0 Å². The molecule has 0 aromatic heterocycles. The first-order chi connectivity index (χ1) is 10.8. The number of aliphatic hydroxyl groups is 1. The van der Waals surface area contributed by atoms with Crippen molar-refractivity contribution in [1.29, 1.82) is 0 Å². The average Bonchev–Trinajstić information content (AvgIpc) is 2.44. The van der Waals surface area contributed by atoms with Crippen molar-refractivity contribution in [3.8, 4) is 0 Å². The van der Waals surface area contributed by atoms with E-state index in [2.05, 4.69) is 10.6 Å². The first kappa shape index (κ1) is 21.4. The van der Waals surface area contributed by atoms with Gasteiger partial charge in [-0.05, 0) is 20.8 Å². The normalized spacial score (nSPS) is 11.0. The fourth-order valence-electron chi connectivity index (χ4n) is 1.28. The summed E-state index contributed by atoms with van der Waals surface area (Å²) >= 11 is 0. The van der Waals surface area contributed by atoms with Gasteiger partial charge in [-0.15, -0.1) is 0 Å². The summed E-state index contributed by atoms with van der Waals surface area (Å²) in [4.78, 5) is 22.5. The van der Waals surface area contributed by atoms with Crippen LogP contribution in [0.2, 0.25) is 0 Å². The first-order valence-corrected chi connectivity index (χ1v) is 7.49. The van der Waals surface area contributed by atoms with Crippen molar-refractivity contribution in [3.05, 3.63) is 0 Å². The van der Waals surface area contributed by atoms with Crippen LogP contribution in [-0.4, -0.2) is 75.6 Å². The molecule has 0 aromatic carbocycles. The van der Waals surface area contributed by atoms with E-state index >= 15 is 0 Å². The summed E-state index contributed by atoms with van der Waals surface area (Å²) in [6.45, 7) is 7.08. The van der Waals surface area contributed by atoms with Gasteiger partial charge in [0.1, 0.15) is 12.2 Å².